The number of alkyl halides is 3. The molecule has 0 saturated heterocycles. The second-order valence-electron chi connectivity index (χ2n) is 6.83. The molecule has 0 aliphatic heterocycles. The zero-order valence-corrected chi connectivity index (χ0v) is 11.1. The number of ether oxygens (including phenoxy) is 1. The van der Waals surface area contributed by atoms with Gasteiger partial charge in [-0.05, 0) is 48.9 Å². The number of fused-ring (bicyclic) bond motifs is 2. The first-order chi connectivity index (χ1) is 8.81. The second kappa shape index (κ2) is 4.35. The Morgan fingerprint density at radius 2 is 2.11 bits per heavy atom. The topological polar surface area (TPSA) is 29.5 Å². The van der Waals surface area contributed by atoms with Gasteiger partial charge >= 0.3 is 6.18 Å². The highest BCUT2D eigenvalue weighted by atomic mass is 19.4. The van der Waals surface area contributed by atoms with Crippen molar-refractivity contribution in [2.45, 2.75) is 51.5 Å². The fourth-order valence-corrected chi connectivity index (χ4v) is 4.50. The van der Waals surface area contributed by atoms with Crippen LogP contribution in [0, 0.1) is 29.1 Å². The molecular formula is C14H21F3O2. The lowest BCUT2D eigenvalue weighted by Crippen LogP contribution is -2.50. The number of hydrogen-bond acceptors (Lipinski definition) is 2. The molecule has 2 nitrogen and oxygen atoms in total. The Balaban J connectivity index is 1.64. The molecule has 4 fully saturated rings. The summed E-state index contributed by atoms with van der Waals surface area (Å²) in [6.07, 6.45) is 0.0350. The minimum absolute atomic E-state index is 0.0855. The van der Waals surface area contributed by atoms with Gasteiger partial charge in [-0.2, -0.15) is 13.2 Å². The van der Waals surface area contributed by atoms with Crippen LogP contribution in [0.3, 0.4) is 0 Å². The molecule has 4 aliphatic carbocycles. The van der Waals surface area contributed by atoms with E-state index in [2.05, 4.69) is 11.7 Å². The van der Waals surface area contributed by atoms with Crippen molar-refractivity contribution in [1.29, 1.82) is 0 Å². The van der Waals surface area contributed by atoms with Gasteiger partial charge in [0.05, 0.1) is 0 Å². The van der Waals surface area contributed by atoms with Gasteiger partial charge in [0.2, 0.25) is 0 Å². The quantitative estimate of drug-likeness (QED) is 0.802. The fraction of sp³-hybridized carbons (Fsp3) is 1.00. The van der Waals surface area contributed by atoms with E-state index in [0.29, 0.717) is 11.8 Å². The summed E-state index contributed by atoms with van der Waals surface area (Å²) in [6, 6.07) is 0. The number of hydrogen-bond donors (Lipinski definition) is 1. The molecule has 0 aromatic carbocycles. The van der Waals surface area contributed by atoms with E-state index < -0.39 is 19.1 Å². The standard InChI is InChI=1S/C14H21F3O2/c1-13-6-9(13)4-2-3-8-5-10(13)11(8)12(18)19-7-14(15,16)17/h8-12,18H,2-7H2,1H3/t8-,9-,10?,11-,12+,13?/m1/s1. The van der Waals surface area contributed by atoms with Crippen LogP contribution in [0.25, 0.3) is 0 Å². The van der Waals surface area contributed by atoms with E-state index in [-0.39, 0.29) is 11.3 Å². The summed E-state index contributed by atoms with van der Waals surface area (Å²) in [5.41, 5.74) is 0.254. The van der Waals surface area contributed by atoms with Gasteiger partial charge in [0.15, 0.2) is 6.29 Å². The van der Waals surface area contributed by atoms with Gasteiger partial charge in [-0.1, -0.05) is 13.3 Å². The predicted octanol–water partition coefficient (Wildman–Crippen LogP) is 3.35. The zero-order chi connectivity index (χ0) is 13.8. The third kappa shape index (κ3) is 2.40. The van der Waals surface area contributed by atoms with E-state index in [1.165, 1.54) is 12.8 Å². The fourth-order valence-electron chi connectivity index (χ4n) is 4.50. The molecule has 0 amide bonds. The van der Waals surface area contributed by atoms with Crippen molar-refractivity contribution in [2.24, 2.45) is 29.1 Å². The predicted molar refractivity (Wildman–Crippen MR) is 63.2 cm³/mol. The van der Waals surface area contributed by atoms with Crippen LogP contribution in [0.15, 0.2) is 0 Å². The van der Waals surface area contributed by atoms with Crippen LogP contribution < -0.4 is 0 Å². The van der Waals surface area contributed by atoms with Gasteiger partial charge in [0, 0.05) is 5.92 Å². The van der Waals surface area contributed by atoms with Crippen LogP contribution in [-0.4, -0.2) is 24.2 Å². The average molecular weight is 278 g/mol. The van der Waals surface area contributed by atoms with Crippen LogP contribution in [0.1, 0.15) is 39.0 Å². The molecule has 19 heavy (non-hydrogen) atoms. The van der Waals surface area contributed by atoms with Crippen molar-refractivity contribution in [2.75, 3.05) is 6.61 Å². The lowest BCUT2D eigenvalue weighted by molar-refractivity contribution is -0.256. The Labute approximate surface area is 111 Å². The van der Waals surface area contributed by atoms with Crippen molar-refractivity contribution in [3.8, 4) is 0 Å². The molecule has 2 bridgehead atoms. The van der Waals surface area contributed by atoms with Gasteiger partial charge in [0.1, 0.15) is 6.61 Å². The molecule has 110 valence electrons. The first-order valence-corrected chi connectivity index (χ1v) is 7.18. The lowest BCUT2D eigenvalue weighted by atomic mass is 9.55. The third-order valence-electron chi connectivity index (χ3n) is 5.75. The minimum Gasteiger partial charge on any atom is -0.368 e. The Kier molecular flexibility index (Phi) is 3.13. The summed E-state index contributed by atoms with van der Waals surface area (Å²) in [5.74, 6) is 1.34. The molecule has 2 unspecified atom stereocenters. The molecule has 4 rings (SSSR count). The Morgan fingerprint density at radius 3 is 2.79 bits per heavy atom. The number of halogens is 3. The van der Waals surface area contributed by atoms with Gasteiger partial charge in [-0.3, -0.25) is 0 Å². The zero-order valence-electron chi connectivity index (χ0n) is 11.1. The monoisotopic (exact) mass is 278 g/mol. The smallest absolute Gasteiger partial charge is 0.368 e. The highest BCUT2D eigenvalue weighted by Crippen LogP contribution is 2.69. The number of aliphatic hydroxyl groups excluding tert-OH is 1. The maximum atomic E-state index is 12.2. The van der Waals surface area contributed by atoms with Gasteiger partial charge in [-0.25, -0.2) is 0 Å². The van der Waals surface area contributed by atoms with E-state index in [9.17, 15) is 18.3 Å². The van der Waals surface area contributed by atoms with Gasteiger partial charge in [0.25, 0.3) is 0 Å². The first-order valence-electron chi connectivity index (χ1n) is 7.18. The molecular weight excluding hydrogens is 257 g/mol. The van der Waals surface area contributed by atoms with Crippen LogP contribution >= 0.6 is 0 Å². The van der Waals surface area contributed by atoms with Crippen LogP contribution in [0.4, 0.5) is 13.2 Å². The summed E-state index contributed by atoms with van der Waals surface area (Å²) >= 11 is 0. The van der Waals surface area contributed by atoms with E-state index in [1.54, 1.807) is 0 Å². The summed E-state index contributed by atoms with van der Waals surface area (Å²) in [7, 11) is 0. The van der Waals surface area contributed by atoms with Crippen LogP contribution in [0.2, 0.25) is 0 Å². The summed E-state index contributed by atoms with van der Waals surface area (Å²) < 4.78 is 41.2. The van der Waals surface area contributed by atoms with E-state index >= 15 is 0 Å². The van der Waals surface area contributed by atoms with Gasteiger partial charge in [-0.15, -0.1) is 0 Å². The summed E-state index contributed by atoms with van der Waals surface area (Å²) in [4.78, 5) is 0. The molecule has 0 heterocycles. The molecule has 6 atom stereocenters. The first kappa shape index (κ1) is 13.7. The average Bonchev–Trinajstić information content (AvgIpc) is 2.84. The van der Waals surface area contributed by atoms with E-state index in [1.807, 2.05) is 0 Å². The van der Waals surface area contributed by atoms with Crippen molar-refractivity contribution >= 4 is 0 Å². The molecule has 4 aliphatic rings. The van der Waals surface area contributed by atoms with Crippen molar-refractivity contribution in [3.63, 3.8) is 0 Å². The van der Waals surface area contributed by atoms with Crippen molar-refractivity contribution in [1.82, 2.24) is 0 Å². The summed E-state index contributed by atoms with van der Waals surface area (Å²) in [5, 5.41) is 9.98. The molecule has 5 heteroatoms. The Morgan fingerprint density at radius 1 is 1.37 bits per heavy atom. The number of aliphatic hydroxyl groups is 1. The maximum Gasteiger partial charge on any atom is 0.411 e. The molecule has 0 aromatic rings. The Hall–Kier alpha value is -0.290. The van der Waals surface area contributed by atoms with Crippen LogP contribution in [0.5, 0.6) is 0 Å². The van der Waals surface area contributed by atoms with E-state index in [0.717, 1.165) is 25.2 Å². The normalized spacial score (nSPS) is 46.6. The van der Waals surface area contributed by atoms with Crippen molar-refractivity contribution in [3.05, 3.63) is 0 Å². The van der Waals surface area contributed by atoms with Crippen molar-refractivity contribution < 1.29 is 23.0 Å². The second-order valence-corrected chi connectivity index (χ2v) is 6.83. The third-order valence-corrected chi connectivity index (χ3v) is 5.75. The lowest BCUT2D eigenvalue weighted by Gasteiger charge is -2.51. The minimum atomic E-state index is -4.36. The summed E-state index contributed by atoms with van der Waals surface area (Å²) in [6.45, 7) is 0.887. The molecule has 4 saturated carbocycles. The molecule has 0 radical (unpaired) electrons. The molecule has 0 spiro atoms. The highest BCUT2D eigenvalue weighted by Gasteiger charge is 2.63. The maximum absolute atomic E-state index is 12.2. The largest absolute Gasteiger partial charge is 0.411 e. The highest BCUT2D eigenvalue weighted by molar-refractivity contribution is 5.11. The molecule has 1 N–H and O–H groups in total. The SMILES string of the molecule is CC12C[C@H]1CCC[C@@H]1CC2[C@@H]1[C@@H](O)OCC(F)(F)F. The number of rotatable bonds is 3. The van der Waals surface area contributed by atoms with E-state index in [4.69, 9.17) is 0 Å². The molecule has 0 aromatic heterocycles. The Bertz CT molecular complexity index is 357. The van der Waals surface area contributed by atoms with Crippen LogP contribution in [-0.2, 0) is 4.74 Å². The van der Waals surface area contributed by atoms with Gasteiger partial charge < -0.3 is 9.84 Å².